The lowest BCUT2D eigenvalue weighted by atomic mass is 10.2. The Labute approximate surface area is 213 Å². The van der Waals surface area contributed by atoms with Crippen LogP contribution in [0.4, 0.5) is 5.69 Å². The number of benzene rings is 3. The van der Waals surface area contributed by atoms with Crippen LogP contribution in [0, 0.1) is 0 Å². The van der Waals surface area contributed by atoms with E-state index >= 15 is 0 Å². The van der Waals surface area contributed by atoms with Crippen molar-refractivity contribution in [2.45, 2.75) is 4.90 Å². The quantitative estimate of drug-likeness (QED) is 0.424. The lowest BCUT2D eigenvalue weighted by molar-refractivity contribution is 0.0979. The zero-order valence-corrected chi connectivity index (χ0v) is 21.3. The molecule has 0 fully saturated rings. The Balaban J connectivity index is 1.88. The normalized spacial score (nSPS) is 10.8. The van der Waals surface area contributed by atoms with E-state index in [2.05, 4.69) is 5.32 Å². The van der Waals surface area contributed by atoms with E-state index in [0.29, 0.717) is 28.7 Å². The number of halogens is 1. The van der Waals surface area contributed by atoms with Gasteiger partial charge in [0.2, 0.25) is 5.75 Å². The fourth-order valence-corrected chi connectivity index (χ4v) is 4.71. The minimum Gasteiger partial charge on any atom is -0.497 e. The molecule has 2 N–H and O–H groups in total. The van der Waals surface area contributed by atoms with Crippen molar-refractivity contribution in [2.75, 3.05) is 33.8 Å². The molecule has 36 heavy (non-hydrogen) atoms. The molecule has 12 heteroatoms. The van der Waals surface area contributed by atoms with Gasteiger partial charge in [0.05, 0.1) is 33.5 Å². The zero-order chi connectivity index (χ0) is 26.5. The summed E-state index contributed by atoms with van der Waals surface area (Å²) in [5.41, 5.74) is 0.341. The summed E-state index contributed by atoms with van der Waals surface area (Å²) in [6, 6.07) is 12.7. The van der Waals surface area contributed by atoms with E-state index in [1.54, 1.807) is 12.1 Å². The molecule has 0 aliphatic carbocycles. The lowest BCUT2D eigenvalue weighted by Gasteiger charge is -2.15. The first kappa shape index (κ1) is 26.6. The number of amides is 2. The smallest absolute Gasteiger partial charge is 0.265 e. The number of nitrogens with one attached hydrogen (secondary N) is 2. The van der Waals surface area contributed by atoms with Crippen molar-refractivity contribution in [3.05, 3.63) is 70.7 Å². The summed E-state index contributed by atoms with van der Waals surface area (Å²) < 4.78 is 48.7. The van der Waals surface area contributed by atoms with Gasteiger partial charge in [0.25, 0.3) is 21.8 Å². The van der Waals surface area contributed by atoms with E-state index in [4.69, 9.17) is 30.5 Å². The Bertz CT molecular complexity index is 1380. The minimum atomic E-state index is -4.43. The fraction of sp³-hybridized carbons (Fsp3) is 0.167. The number of rotatable bonds is 9. The third-order valence-electron chi connectivity index (χ3n) is 4.96. The van der Waals surface area contributed by atoms with Gasteiger partial charge in [-0.2, -0.15) is 0 Å². The third-order valence-corrected chi connectivity index (χ3v) is 6.78. The van der Waals surface area contributed by atoms with Crippen LogP contribution in [-0.4, -0.2) is 48.7 Å². The van der Waals surface area contributed by atoms with E-state index in [0.717, 1.165) is 6.07 Å². The van der Waals surface area contributed by atoms with E-state index in [1.165, 1.54) is 64.8 Å². The van der Waals surface area contributed by atoms with Gasteiger partial charge >= 0.3 is 0 Å². The summed E-state index contributed by atoms with van der Waals surface area (Å²) in [5, 5.41) is 2.47. The highest BCUT2D eigenvalue weighted by molar-refractivity contribution is 7.90. The van der Waals surface area contributed by atoms with E-state index in [9.17, 15) is 18.0 Å². The predicted molar refractivity (Wildman–Crippen MR) is 133 cm³/mol. The third kappa shape index (κ3) is 5.81. The van der Waals surface area contributed by atoms with E-state index in [1.807, 2.05) is 4.72 Å². The first-order valence-corrected chi connectivity index (χ1v) is 12.1. The molecule has 0 atom stereocenters. The van der Waals surface area contributed by atoms with Crippen LogP contribution in [0.3, 0.4) is 0 Å². The Hall–Kier alpha value is -3.96. The van der Waals surface area contributed by atoms with Crippen LogP contribution >= 0.6 is 11.6 Å². The largest absolute Gasteiger partial charge is 0.497 e. The highest BCUT2D eigenvalue weighted by atomic mass is 35.5. The van der Waals surface area contributed by atoms with Crippen LogP contribution in [0.25, 0.3) is 0 Å². The van der Waals surface area contributed by atoms with E-state index in [-0.39, 0.29) is 16.1 Å². The highest BCUT2D eigenvalue weighted by Gasteiger charge is 2.24. The number of methoxy groups -OCH3 is 4. The number of carbonyl (C=O) groups excluding carboxylic acids is 2. The molecule has 3 aromatic carbocycles. The summed E-state index contributed by atoms with van der Waals surface area (Å²) in [6.45, 7) is 0. The topological polar surface area (TPSA) is 129 Å². The Morgan fingerprint density at radius 1 is 0.778 bits per heavy atom. The molecule has 0 aliphatic heterocycles. The molecule has 3 aromatic rings. The number of sulfonamides is 1. The van der Waals surface area contributed by atoms with Crippen molar-refractivity contribution in [1.82, 2.24) is 4.72 Å². The SMILES string of the molecule is COc1cccc(C(=O)NS(=O)(=O)c2cc(C(=O)Nc3cc(OC)c(OC)c(OC)c3)ccc2Cl)c1. The van der Waals surface area contributed by atoms with Gasteiger partial charge in [0, 0.05) is 28.9 Å². The molecule has 0 saturated heterocycles. The fourth-order valence-electron chi connectivity index (χ4n) is 3.21. The van der Waals surface area contributed by atoms with Gasteiger partial charge in [-0.15, -0.1) is 0 Å². The van der Waals surface area contributed by atoms with Crippen molar-refractivity contribution in [1.29, 1.82) is 0 Å². The Morgan fingerprint density at radius 2 is 1.42 bits per heavy atom. The molecule has 0 heterocycles. The maximum absolute atomic E-state index is 12.9. The first-order chi connectivity index (χ1) is 17.1. The van der Waals surface area contributed by atoms with Gasteiger partial charge in [-0.1, -0.05) is 17.7 Å². The zero-order valence-electron chi connectivity index (χ0n) is 19.7. The summed E-state index contributed by atoms with van der Waals surface area (Å²) in [4.78, 5) is 25.0. The average molecular weight is 535 g/mol. The van der Waals surface area contributed by atoms with Crippen LogP contribution in [0.2, 0.25) is 5.02 Å². The molecule has 0 saturated carbocycles. The maximum Gasteiger partial charge on any atom is 0.265 e. The predicted octanol–water partition coefficient (Wildman–Crippen LogP) is 3.75. The molecule has 0 aromatic heterocycles. The number of carbonyl (C=O) groups is 2. The molecular formula is C24H23ClN2O8S. The molecule has 0 bridgehead atoms. The number of anilines is 1. The monoisotopic (exact) mass is 534 g/mol. The van der Waals surface area contributed by atoms with Crippen molar-refractivity contribution in [3.8, 4) is 23.0 Å². The molecule has 10 nitrogen and oxygen atoms in total. The van der Waals surface area contributed by atoms with Crippen molar-refractivity contribution in [3.63, 3.8) is 0 Å². The van der Waals surface area contributed by atoms with Gasteiger partial charge in [-0.3, -0.25) is 9.59 Å². The van der Waals surface area contributed by atoms with Gasteiger partial charge in [0.15, 0.2) is 11.5 Å². The van der Waals surface area contributed by atoms with Crippen molar-refractivity contribution >= 4 is 39.1 Å². The standard InChI is InChI=1S/C24H23ClN2O8S/c1-32-17-7-5-6-14(10-17)24(29)27-36(30,31)21-11-15(8-9-18(21)25)23(28)26-16-12-19(33-2)22(35-4)20(13-16)34-3/h5-13H,1-4H3,(H,26,28)(H,27,29). The van der Waals surface area contributed by atoms with Crippen LogP contribution in [-0.2, 0) is 10.0 Å². The molecular weight excluding hydrogens is 512 g/mol. The maximum atomic E-state index is 12.9. The first-order valence-electron chi connectivity index (χ1n) is 10.3. The summed E-state index contributed by atoms with van der Waals surface area (Å²) in [7, 11) is 1.30. The second-order valence-corrected chi connectivity index (χ2v) is 9.24. The van der Waals surface area contributed by atoms with Crippen LogP contribution < -0.4 is 29.0 Å². The van der Waals surface area contributed by atoms with E-state index < -0.39 is 26.7 Å². The number of hydrogen-bond donors (Lipinski definition) is 2. The van der Waals surface area contributed by atoms with Crippen LogP contribution in [0.5, 0.6) is 23.0 Å². The van der Waals surface area contributed by atoms with Gasteiger partial charge in [-0.05, 0) is 36.4 Å². The lowest BCUT2D eigenvalue weighted by Crippen LogP contribution is -2.31. The molecule has 0 radical (unpaired) electrons. The molecule has 0 unspecified atom stereocenters. The van der Waals surface area contributed by atoms with Crippen molar-refractivity contribution < 1.29 is 37.0 Å². The van der Waals surface area contributed by atoms with Crippen LogP contribution in [0.1, 0.15) is 20.7 Å². The van der Waals surface area contributed by atoms with Gasteiger partial charge < -0.3 is 24.3 Å². The van der Waals surface area contributed by atoms with Gasteiger partial charge in [0.1, 0.15) is 10.6 Å². The minimum absolute atomic E-state index is 0.0256. The molecule has 0 aliphatic rings. The summed E-state index contributed by atoms with van der Waals surface area (Å²) in [5.74, 6) is -0.194. The Kier molecular flexibility index (Phi) is 8.28. The number of ether oxygens (including phenoxy) is 4. The number of hydrogen-bond acceptors (Lipinski definition) is 8. The summed E-state index contributed by atoms with van der Waals surface area (Å²) in [6.07, 6.45) is 0. The second-order valence-electron chi connectivity index (χ2n) is 7.18. The van der Waals surface area contributed by atoms with Gasteiger partial charge in [-0.25, -0.2) is 13.1 Å². The van der Waals surface area contributed by atoms with Crippen LogP contribution in [0.15, 0.2) is 59.5 Å². The molecule has 3 rings (SSSR count). The second kappa shape index (κ2) is 11.2. The highest BCUT2D eigenvalue weighted by Crippen LogP contribution is 2.40. The molecule has 190 valence electrons. The Morgan fingerprint density at radius 3 is 2.00 bits per heavy atom. The molecule has 2 amide bonds. The van der Waals surface area contributed by atoms with Crippen molar-refractivity contribution in [2.24, 2.45) is 0 Å². The summed E-state index contributed by atoms with van der Waals surface area (Å²) >= 11 is 6.11. The average Bonchev–Trinajstić information content (AvgIpc) is 2.87. The molecule has 0 spiro atoms.